The number of anilines is 3. The van der Waals surface area contributed by atoms with E-state index in [1.807, 2.05) is 0 Å². The molecule has 0 atom stereocenters. The van der Waals surface area contributed by atoms with Gasteiger partial charge in [0.05, 0.1) is 5.69 Å². The molecule has 8 nitrogen and oxygen atoms in total. The van der Waals surface area contributed by atoms with E-state index in [-0.39, 0.29) is 17.3 Å². The fourth-order valence-electron chi connectivity index (χ4n) is 2.68. The number of amides is 1. The molecule has 0 radical (unpaired) electrons. The van der Waals surface area contributed by atoms with E-state index in [4.69, 9.17) is 0 Å². The summed E-state index contributed by atoms with van der Waals surface area (Å²) in [5.74, 6) is -2.46. The molecule has 0 aliphatic heterocycles. The highest BCUT2D eigenvalue weighted by Crippen LogP contribution is 2.16. The first-order chi connectivity index (χ1) is 14.4. The van der Waals surface area contributed by atoms with E-state index < -0.39 is 29.8 Å². The Balaban J connectivity index is 1.53. The number of fused-ring (bicyclic) bond motifs is 1. The lowest BCUT2D eigenvalue weighted by atomic mass is 10.3. The van der Waals surface area contributed by atoms with Gasteiger partial charge in [0, 0.05) is 18.0 Å². The van der Waals surface area contributed by atoms with Gasteiger partial charge in [0.2, 0.25) is 5.91 Å². The number of benzene rings is 2. The maximum atomic E-state index is 13.7. The number of nitrogens with zero attached hydrogens (tertiary/aromatic N) is 4. The molecular weight excluding hydrogens is 401 g/mol. The van der Waals surface area contributed by atoms with Gasteiger partial charge >= 0.3 is 5.69 Å². The van der Waals surface area contributed by atoms with Gasteiger partial charge in [-0.05, 0) is 42.5 Å². The molecule has 0 bridgehead atoms. The highest BCUT2D eigenvalue weighted by atomic mass is 19.1. The van der Waals surface area contributed by atoms with Crippen molar-refractivity contribution in [1.29, 1.82) is 0 Å². The minimum Gasteiger partial charge on any atom is -0.340 e. The van der Waals surface area contributed by atoms with Gasteiger partial charge in [0.1, 0.15) is 29.8 Å². The fourth-order valence-corrected chi connectivity index (χ4v) is 2.68. The topological polar surface area (TPSA) is 93.3 Å². The van der Waals surface area contributed by atoms with Crippen LogP contribution >= 0.6 is 0 Å². The van der Waals surface area contributed by atoms with Gasteiger partial charge in [-0.1, -0.05) is 0 Å². The Hall–Kier alpha value is -4.15. The molecule has 1 amide bonds. The summed E-state index contributed by atoms with van der Waals surface area (Å²) in [7, 11) is 0. The smallest absolute Gasteiger partial charge is 0.340 e. The molecule has 4 aromatic rings. The van der Waals surface area contributed by atoms with Crippen molar-refractivity contribution in [3.05, 3.63) is 82.7 Å². The van der Waals surface area contributed by atoms with Gasteiger partial charge in [-0.3, -0.25) is 4.79 Å². The van der Waals surface area contributed by atoms with Crippen LogP contribution in [-0.2, 0) is 11.3 Å². The van der Waals surface area contributed by atoms with Crippen molar-refractivity contribution in [3.63, 3.8) is 0 Å². The van der Waals surface area contributed by atoms with E-state index in [9.17, 15) is 22.8 Å². The van der Waals surface area contributed by atoms with Crippen LogP contribution in [0.3, 0.4) is 0 Å². The molecule has 2 aromatic heterocycles. The predicted octanol–water partition coefficient (Wildman–Crippen LogP) is 2.69. The van der Waals surface area contributed by atoms with E-state index in [0.29, 0.717) is 17.6 Å². The normalized spacial score (nSPS) is 10.9. The molecule has 0 fully saturated rings. The van der Waals surface area contributed by atoms with Crippen LogP contribution in [0.1, 0.15) is 0 Å². The molecule has 0 unspecified atom stereocenters. The molecule has 11 heteroatoms. The summed E-state index contributed by atoms with van der Waals surface area (Å²) in [6.07, 6.45) is 1.41. The van der Waals surface area contributed by atoms with Crippen molar-refractivity contribution < 1.29 is 18.0 Å². The molecule has 30 heavy (non-hydrogen) atoms. The number of rotatable bonds is 5. The van der Waals surface area contributed by atoms with Crippen LogP contribution in [0.4, 0.5) is 30.4 Å². The van der Waals surface area contributed by atoms with Gasteiger partial charge in [-0.15, -0.1) is 5.10 Å². The summed E-state index contributed by atoms with van der Waals surface area (Å²) in [5, 5.41) is 9.18. The lowest BCUT2D eigenvalue weighted by Gasteiger charge is -2.05. The first-order valence-electron chi connectivity index (χ1n) is 8.63. The van der Waals surface area contributed by atoms with Crippen molar-refractivity contribution in [2.24, 2.45) is 0 Å². The molecule has 0 spiro atoms. The first kappa shape index (κ1) is 19.2. The third-order valence-electron chi connectivity index (χ3n) is 4.07. The zero-order chi connectivity index (χ0) is 21.3. The molecule has 0 saturated carbocycles. The van der Waals surface area contributed by atoms with Crippen LogP contribution in [-0.4, -0.2) is 25.1 Å². The third-order valence-corrected chi connectivity index (χ3v) is 4.07. The minimum absolute atomic E-state index is 0.0212. The predicted molar refractivity (Wildman–Crippen MR) is 102 cm³/mol. The van der Waals surface area contributed by atoms with Gasteiger partial charge in [-0.25, -0.2) is 27.0 Å². The van der Waals surface area contributed by atoms with Crippen LogP contribution in [0.25, 0.3) is 5.78 Å². The van der Waals surface area contributed by atoms with E-state index in [0.717, 1.165) is 21.2 Å². The maximum absolute atomic E-state index is 13.7. The van der Waals surface area contributed by atoms with Crippen LogP contribution in [0.5, 0.6) is 0 Å². The number of carbonyl (C=O) groups excluding carboxylic acids is 1. The van der Waals surface area contributed by atoms with Gasteiger partial charge in [0.15, 0.2) is 0 Å². The number of hydrogen-bond donors (Lipinski definition) is 2. The molecule has 152 valence electrons. The summed E-state index contributed by atoms with van der Waals surface area (Å²) in [6.45, 7) is -0.500. The molecule has 0 aliphatic rings. The highest BCUT2D eigenvalue weighted by Gasteiger charge is 2.14. The Morgan fingerprint density at radius 3 is 2.47 bits per heavy atom. The standard InChI is InChI=1S/C19H13F3N6O2/c20-11-1-4-13(5-2-11)23-16-7-8-27-18(25-16)26-28(19(27)30)10-17(29)24-15-6-3-12(21)9-14(15)22/h1-9H,10H2,(H,24,29)(H,23,25,26). The van der Waals surface area contributed by atoms with Crippen molar-refractivity contribution in [1.82, 2.24) is 19.2 Å². The number of hydrogen-bond acceptors (Lipinski definition) is 5. The van der Waals surface area contributed by atoms with Crippen LogP contribution in [0.15, 0.2) is 59.5 Å². The van der Waals surface area contributed by atoms with Crippen LogP contribution in [0.2, 0.25) is 0 Å². The van der Waals surface area contributed by atoms with E-state index >= 15 is 0 Å². The molecule has 2 heterocycles. The highest BCUT2D eigenvalue weighted by molar-refractivity contribution is 5.90. The quantitative estimate of drug-likeness (QED) is 0.524. The Morgan fingerprint density at radius 1 is 1.00 bits per heavy atom. The van der Waals surface area contributed by atoms with Gasteiger partial charge in [0.25, 0.3) is 5.78 Å². The molecule has 4 rings (SSSR count). The lowest BCUT2D eigenvalue weighted by Crippen LogP contribution is -2.28. The van der Waals surface area contributed by atoms with Crippen molar-refractivity contribution >= 4 is 28.9 Å². The van der Waals surface area contributed by atoms with Crippen molar-refractivity contribution in [2.75, 3.05) is 10.6 Å². The number of aromatic nitrogens is 4. The molecule has 0 aliphatic carbocycles. The van der Waals surface area contributed by atoms with Gasteiger partial charge in [-0.2, -0.15) is 4.98 Å². The Labute approximate surface area is 166 Å². The minimum atomic E-state index is -0.941. The summed E-state index contributed by atoms with van der Waals surface area (Å²) in [6, 6.07) is 9.81. The Bertz CT molecular complexity index is 1300. The van der Waals surface area contributed by atoms with Gasteiger partial charge < -0.3 is 10.6 Å². The summed E-state index contributed by atoms with van der Waals surface area (Å²) < 4.78 is 41.6. The summed E-state index contributed by atoms with van der Waals surface area (Å²) >= 11 is 0. The Morgan fingerprint density at radius 2 is 1.73 bits per heavy atom. The maximum Gasteiger partial charge on any atom is 0.352 e. The van der Waals surface area contributed by atoms with Crippen LogP contribution in [0, 0.1) is 17.5 Å². The number of halogens is 3. The first-order valence-corrected chi connectivity index (χ1v) is 8.63. The second kappa shape index (κ2) is 7.70. The van der Waals surface area contributed by atoms with E-state index in [2.05, 4.69) is 20.7 Å². The fraction of sp³-hybridized carbons (Fsp3) is 0.0526. The van der Waals surface area contributed by atoms with E-state index in [1.54, 1.807) is 0 Å². The SMILES string of the molecule is O=C(Cn1nc2nc(Nc3ccc(F)cc3)ccn2c1=O)Nc1ccc(F)cc1F. The largest absolute Gasteiger partial charge is 0.352 e. The average Bonchev–Trinajstić information content (AvgIpc) is 3.01. The molecule has 2 aromatic carbocycles. The van der Waals surface area contributed by atoms with Crippen LogP contribution < -0.4 is 16.3 Å². The molecular formula is C19H13F3N6O2. The Kier molecular flexibility index (Phi) is 4.92. The number of nitrogens with one attached hydrogen (secondary N) is 2. The molecule has 2 N–H and O–H groups in total. The lowest BCUT2D eigenvalue weighted by molar-refractivity contribution is -0.117. The second-order valence-corrected chi connectivity index (χ2v) is 6.23. The summed E-state index contributed by atoms with van der Waals surface area (Å²) in [5.41, 5.74) is -0.265. The average molecular weight is 414 g/mol. The molecule has 0 saturated heterocycles. The zero-order valence-electron chi connectivity index (χ0n) is 15.1. The van der Waals surface area contributed by atoms with E-state index in [1.165, 1.54) is 36.5 Å². The number of carbonyl (C=O) groups is 1. The third kappa shape index (κ3) is 3.99. The van der Waals surface area contributed by atoms with Crippen molar-refractivity contribution in [3.8, 4) is 0 Å². The summed E-state index contributed by atoms with van der Waals surface area (Å²) in [4.78, 5) is 28.7. The monoisotopic (exact) mass is 414 g/mol. The zero-order valence-corrected chi connectivity index (χ0v) is 15.1. The second-order valence-electron chi connectivity index (χ2n) is 6.23. The van der Waals surface area contributed by atoms with Crippen molar-refractivity contribution in [2.45, 2.75) is 6.54 Å².